The highest BCUT2D eigenvalue weighted by Crippen LogP contribution is 2.19. The molecular formula is C14H18FNO6. The van der Waals surface area contributed by atoms with Crippen LogP contribution in [0.2, 0.25) is 0 Å². The lowest BCUT2D eigenvalue weighted by atomic mass is 9.94. The largest absolute Gasteiger partial charge is 0.484 e. The van der Waals surface area contributed by atoms with Gasteiger partial charge in [0.25, 0.3) is 5.91 Å². The molecule has 0 radical (unpaired) electrons. The van der Waals surface area contributed by atoms with Crippen molar-refractivity contribution in [1.29, 1.82) is 0 Å². The molecular weight excluding hydrogens is 297 g/mol. The Morgan fingerprint density at radius 3 is 2.45 bits per heavy atom. The molecule has 1 unspecified atom stereocenters. The molecule has 7 nitrogen and oxygen atoms in total. The van der Waals surface area contributed by atoms with Gasteiger partial charge in [-0.25, -0.2) is 4.39 Å². The Bertz CT molecular complexity index is 511. The zero-order chi connectivity index (χ0) is 16.3. The van der Waals surface area contributed by atoms with E-state index in [1.807, 2.05) is 0 Å². The van der Waals surface area contributed by atoms with Gasteiger partial charge in [0, 0.05) is 6.54 Å². The van der Waals surface area contributed by atoms with Gasteiger partial charge in [0.2, 0.25) is 0 Å². The van der Waals surface area contributed by atoms with E-state index in [1.54, 1.807) is 0 Å². The molecule has 1 aliphatic heterocycles. The number of hydrogen-bond donors (Lipinski definition) is 4. The second kappa shape index (κ2) is 7.01. The highest BCUT2D eigenvalue weighted by molar-refractivity contribution is 5.78. The number of rotatable bonds is 4. The van der Waals surface area contributed by atoms with E-state index in [2.05, 4.69) is 0 Å². The van der Waals surface area contributed by atoms with Crippen molar-refractivity contribution in [3.05, 3.63) is 30.1 Å². The summed E-state index contributed by atoms with van der Waals surface area (Å²) in [6.45, 7) is -1.19. The molecule has 1 fully saturated rings. The molecule has 1 amide bonds. The first-order valence-electron chi connectivity index (χ1n) is 6.77. The molecule has 1 aliphatic rings. The van der Waals surface area contributed by atoms with Gasteiger partial charge in [-0.3, -0.25) is 4.79 Å². The molecule has 4 N–H and O–H groups in total. The van der Waals surface area contributed by atoms with Crippen LogP contribution >= 0.6 is 0 Å². The van der Waals surface area contributed by atoms with E-state index >= 15 is 0 Å². The van der Waals surface area contributed by atoms with Crippen LogP contribution in [0.5, 0.6) is 5.75 Å². The first kappa shape index (κ1) is 16.6. The molecule has 0 aromatic heterocycles. The van der Waals surface area contributed by atoms with Gasteiger partial charge in [-0.05, 0) is 24.3 Å². The number of benzene rings is 1. The molecule has 1 aromatic rings. The van der Waals surface area contributed by atoms with E-state index in [0.29, 0.717) is 0 Å². The van der Waals surface area contributed by atoms with Crippen LogP contribution < -0.4 is 4.74 Å². The first-order chi connectivity index (χ1) is 10.4. The zero-order valence-electron chi connectivity index (χ0n) is 11.7. The van der Waals surface area contributed by atoms with E-state index in [0.717, 1.165) is 4.90 Å². The lowest BCUT2D eigenvalue weighted by Gasteiger charge is -2.42. The summed E-state index contributed by atoms with van der Waals surface area (Å²) in [6.07, 6.45) is -4.20. The third-order valence-corrected chi connectivity index (χ3v) is 3.61. The molecule has 2 rings (SSSR count). The minimum absolute atomic E-state index is 0.227. The molecule has 4 atom stereocenters. The minimum atomic E-state index is -1.46. The Balaban J connectivity index is 1.99. The van der Waals surface area contributed by atoms with Gasteiger partial charge in [-0.15, -0.1) is 0 Å². The van der Waals surface area contributed by atoms with Gasteiger partial charge in [0.1, 0.15) is 29.9 Å². The number of piperidine rings is 1. The Kier molecular flexibility index (Phi) is 5.30. The third-order valence-electron chi connectivity index (χ3n) is 3.61. The molecule has 0 spiro atoms. The van der Waals surface area contributed by atoms with Crippen LogP contribution in [0.25, 0.3) is 0 Å². The summed E-state index contributed by atoms with van der Waals surface area (Å²) in [5.41, 5.74) is 0. The highest BCUT2D eigenvalue weighted by atomic mass is 19.1. The zero-order valence-corrected chi connectivity index (χ0v) is 11.7. The van der Waals surface area contributed by atoms with Crippen LogP contribution in [0, 0.1) is 5.82 Å². The number of hydrogen-bond acceptors (Lipinski definition) is 6. The van der Waals surface area contributed by atoms with Crippen molar-refractivity contribution in [3.63, 3.8) is 0 Å². The van der Waals surface area contributed by atoms with E-state index in [1.165, 1.54) is 24.3 Å². The van der Waals surface area contributed by atoms with Crippen molar-refractivity contribution in [2.75, 3.05) is 19.8 Å². The Morgan fingerprint density at radius 1 is 1.23 bits per heavy atom. The average molecular weight is 315 g/mol. The van der Waals surface area contributed by atoms with Crippen molar-refractivity contribution in [2.45, 2.75) is 24.4 Å². The van der Waals surface area contributed by atoms with E-state index in [4.69, 9.17) is 4.74 Å². The average Bonchev–Trinajstić information content (AvgIpc) is 2.51. The second-order valence-electron chi connectivity index (χ2n) is 5.09. The van der Waals surface area contributed by atoms with E-state index in [9.17, 15) is 29.6 Å². The Morgan fingerprint density at radius 2 is 1.86 bits per heavy atom. The lowest BCUT2D eigenvalue weighted by Crippen LogP contribution is -2.64. The van der Waals surface area contributed by atoms with E-state index in [-0.39, 0.29) is 12.3 Å². The number of carbonyl (C=O) groups excluding carboxylic acids is 1. The van der Waals surface area contributed by atoms with Crippen LogP contribution in [0.1, 0.15) is 0 Å². The molecule has 0 saturated carbocycles. The SMILES string of the molecule is O=C(COc1ccc(F)cc1)N1C[C@H](O)[C@@H](O)[C@H](O)C1CO. The normalized spacial score (nSPS) is 28.5. The molecule has 122 valence electrons. The maximum Gasteiger partial charge on any atom is 0.261 e. The lowest BCUT2D eigenvalue weighted by molar-refractivity contribution is -0.167. The van der Waals surface area contributed by atoms with Gasteiger partial charge in [0.15, 0.2) is 6.61 Å². The minimum Gasteiger partial charge on any atom is -0.484 e. The number of aliphatic hydroxyl groups excluding tert-OH is 4. The number of nitrogens with zero attached hydrogens (tertiary/aromatic N) is 1. The topological polar surface area (TPSA) is 110 Å². The van der Waals surface area contributed by atoms with Crippen molar-refractivity contribution >= 4 is 5.91 Å². The fourth-order valence-electron chi connectivity index (χ4n) is 2.34. The predicted molar refractivity (Wildman–Crippen MR) is 72.5 cm³/mol. The molecule has 0 aliphatic carbocycles. The van der Waals surface area contributed by atoms with Crippen molar-refractivity contribution in [3.8, 4) is 5.75 Å². The molecule has 1 heterocycles. The summed E-state index contributed by atoms with van der Waals surface area (Å²) < 4.78 is 18.0. The molecule has 0 bridgehead atoms. The number of amides is 1. The van der Waals surface area contributed by atoms with E-state index < -0.39 is 49.3 Å². The quantitative estimate of drug-likeness (QED) is 0.538. The van der Waals surface area contributed by atoms with Crippen molar-refractivity contribution in [1.82, 2.24) is 4.90 Å². The summed E-state index contributed by atoms with van der Waals surface area (Å²) in [4.78, 5) is 13.2. The number of ether oxygens (including phenoxy) is 1. The summed E-state index contributed by atoms with van der Waals surface area (Å²) >= 11 is 0. The van der Waals surface area contributed by atoms with Crippen LogP contribution in [-0.4, -0.2) is 75.3 Å². The monoisotopic (exact) mass is 315 g/mol. The Hall–Kier alpha value is -1.74. The Labute approximate surface area is 126 Å². The number of likely N-dealkylation sites (tertiary alicyclic amines) is 1. The number of β-amino-alcohol motifs (C(OH)–C–C–N with tert-alkyl or cyclic N) is 1. The molecule has 1 saturated heterocycles. The maximum absolute atomic E-state index is 12.8. The summed E-state index contributed by atoms with van der Waals surface area (Å²) in [6, 6.07) is 4.05. The van der Waals surface area contributed by atoms with Gasteiger partial charge in [0.05, 0.1) is 12.6 Å². The fraction of sp³-hybridized carbons (Fsp3) is 0.500. The van der Waals surface area contributed by atoms with Gasteiger partial charge in [-0.2, -0.15) is 0 Å². The predicted octanol–water partition coefficient (Wildman–Crippen LogP) is -1.51. The number of aliphatic hydroxyl groups is 4. The van der Waals surface area contributed by atoms with Crippen molar-refractivity contribution in [2.24, 2.45) is 0 Å². The summed E-state index contributed by atoms with van der Waals surface area (Å²) in [5.74, 6) is -0.725. The maximum atomic E-state index is 12.8. The standard InChI is InChI=1S/C14H18FNO6/c15-8-1-3-9(4-2-8)22-7-12(19)16-5-11(18)14(21)13(20)10(16)6-17/h1-4,10-11,13-14,17-18,20-21H,5-7H2/t10?,11-,13+,14+/m0/s1. The van der Waals surface area contributed by atoms with Gasteiger partial charge >= 0.3 is 0 Å². The molecule has 1 aromatic carbocycles. The second-order valence-corrected chi connectivity index (χ2v) is 5.09. The smallest absolute Gasteiger partial charge is 0.261 e. The van der Waals surface area contributed by atoms with Crippen LogP contribution in [0.3, 0.4) is 0 Å². The van der Waals surface area contributed by atoms with Crippen LogP contribution in [-0.2, 0) is 4.79 Å². The highest BCUT2D eigenvalue weighted by Gasteiger charge is 2.43. The molecule has 8 heteroatoms. The first-order valence-corrected chi connectivity index (χ1v) is 6.77. The third kappa shape index (κ3) is 3.53. The fourth-order valence-corrected chi connectivity index (χ4v) is 2.34. The van der Waals surface area contributed by atoms with Crippen LogP contribution in [0.15, 0.2) is 24.3 Å². The van der Waals surface area contributed by atoms with Gasteiger partial charge < -0.3 is 30.1 Å². The molecule has 22 heavy (non-hydrogen) atoms. The number of carbonyl (C=O) groups is 1. The van der Waals surface area contributed by atoms with Crippen LogP contribution in [0.4, 0.5) is 4.39 Å². The van der Waals surface area contributed by atoms with Crippen molar-refractivity contribution < 1.29 is 34.3 Å². The summed E-state index contributed by atoms with van der Waals surface area (Å²) in [5, 5.41) is 38.3. The van der Waals surface area contributed by atoms with Gasteiger partial charge in [-0.1, -0.05) is 0 Å². The number of halogens is 1. The summed E-state index contributed by atoms with van der Waals surface area (Å²) in [7, 11) is 0.